The van der Waals surface area contributed by atoms with Gasteiger partial charge in [0.1, 0.15) is 0 Å². The molecule has 1 aliphatic carbocycles. The van der Waals surface area contributed by atoms with Gasteiger partial charge in [-0.15, -0.1) is 0 Å². The predicted octanol–water partition coefficient (Wildman–Crippen LogP) is 3.26. The summed E-state index contributed by atoms with van der Waals surface area (Å²) in [6.07, 6.45) is 6.63. The first-order valence-corrected chi connectivity index (χ1v) is 7.34. The minimum absolute atomic E-state index is 0.166. The molecule has 1 N–H and O–H groups in total. The molecule has 1 heterocycles. The summed E-state index contributed by atoms with van der Waals surface area (Å²) >= 11 is 0. The summed E-state index contributed by atoms with van der Waals surface area (Å²) in [4.78, 5) is 15.9. The number of hydrazone groups is 1. The van der Waals surface area contributed by atoms with Crippen LogP contribution in [-0.4, -0.2) is 16.6 Å². The number of carbonyl (C=O) groups excluding carboxylic acids is 1. The highest BCUT2D eigenvalue weighted by molar-refractivity contribution is 5.95. The second-order valence-electron chi connectivity index (χ2n) is 6.02. The topological polar surface area (TPSA) is 54.4 Å². The van der Waals surface area contributed by atoms with Crippen LogP contribution in [0.5, 0.6) is 0 Å². The molecule has 0 aliphatic heterocycles. The summed E-state index contributed by atoms with van der Waals surface area (Å²) in [5.41, 5.74) is 4.43. The summed E-state index contributed by atoms with van der Waals surface area (Å²) in [6, 6.07) is 3.39. The van der Waals surface area contributed by atoms with Gasteiger partial charge in [-0.1, -0.05) is 20.8 Å². The first-order chi connectivity index (χ1) is 9.58. The molecule has 0 bridgehead atoms. The van der Waals surface area contributed by atoms with Gasteiger partial charge in [0.25, 0.3) is 5.91 Å². The maximum absolute atomic E-state index is 12.0. The number of aromatic nitrogens is 1. The molecule has 2 unspecified atom stereocenters. The summed E-state index contributed by atoms with van der Waals surface area (Å²) in [6.45, 7) is 6.69. The lowest BCUT2D eigenvalue weighted by atomic mass is 9.76. The lowest BCUT2D eigenvalue weighted by Crippen LogP contribution is -2.31. The van der Waals surface area contributed by atoms with Crippen molar-refractivity contribution in [3.63, 3.8) is 0 Å². The van der Waals surface area contributed by atoms with Crippen LogP contribution >= 0.6 is 0 Å². The molecule has 0 radical (unpaired) electrons. The monoisotopic (exact) mass is 273 g/mol. The van der Waals surface area contributed by atoms with Gasteiger partial charge in [0, 0.05) is 29.6 Å². The largest absolute Gasteiger partial charge is 0.271 e. The normalized spacial score (nSPS) is 24.9. The number of hydrogen-bond acceptors (Lipinski definition) is 3. The van der Waals surface area contributed by atoms with Gasteiger partial charge in [0.15, 0.2) is 0 Å². The molecule has 1 amide bonds. The smallest absolute Gasteiger partial charge is 0.267 e. The Bertz CT molecular complexity index is 482. The Morgan fingerprint density at radius 2 is 2.05 bits per heavy atom. The van der Waals surface area contributed by atoms with Gasteiger partial charge in [-0.3, -0.25) is 9.78 Å². The van der Waals surface area contributed by atoms with Crippen molar-refractivity contribution in [1.82, 2.24) is 10.4 Å². The Morgan fingerprint density at radius 1 is 1.35 bits per heavy atom. The number of nitrogens with zero attached hydrogens (tertiary/aromatic N) is 2. The third-order valence-corrected chi connectivity index (χ3v) is 4.00. The van der Waals surface area contributed by atoms with Gasteiger partial charge in [-0.05, 0) is 43.2 Å². The van der Waals surface area contributed by atoms with E-state index in [2.05, 4.69) is 36.3 Å². The van der Waals surface area contributed by atoms with Gasteiger partial charge in [0.2, 0.25) is 0 Å². The highest BCUT2D eigenvalue weighted by Gasteiger charge is 2.27. The molecular weight excluding hydrogens is 250 g/mol. The molecule has 20 heavy (non-hydrogen) atoms. The van der Waals surface area contributed by atoms with Crippen molar-refractivity contribution in [3.05, 3.63) is 30.1 Å². The van der Waals surface area contributed by atoms with E-state index in [0.29, 0.717) is 23.3 Å². The van der Waals surface area contributed by atoms with Crippen molar-refractivity contribution < 1.29 is 4.79 Å². The lowest BCUT2D eigenvalue weighted by Gasteiger charge is -2.30. The number of pyridine rings is 1. The third-order valence-electron chi connectivity index (χ3n) is 4.00. The molecule has 4 nitrogen and oxygen atoms in total. The number of amides is 1. The van der Waals surface area contributed by atoms with Crippen LogP contribution in [0.2, 0.25) is 0 Å². The van der Waals surface area contributed by atoms with E-state index in [4.69, 9.17) is 0 Å². The van der Waals surface area contributed by atoms with Crippen molar-refractivity contribution in [3.8, 4) is 0 Å². The van der Waals surface area contributed by atoms with Crippen molar-refractivity contribution >= 4 is 11.6 Å². The van der Waals surface area contributed by atoms with E-state index >= 15 is 0 Å². The molecule has 2 rings (SSSR count). The zero-order valence-corrected chi connectivity index (χ0v) is 12.5. The minimum Gasteiger partial charge on any atom is -0.267 e. The fourth-order valence-electron chi connectivity index (χ4n) is 2.78. The van der Waals surface area contributed by atoms with Crippen LogP contribution in [0.15, 0.2) is 29.6 Å². The van der Waals surface area contributed by atoms with Gasteiger partial charge in [-0.25, -0.2) is 5.43 Å². The Morgan fingerprint density at radius 3 is 2.70 bits per heavy atom. The van der Waals surface area contributed by atoms with Gasteiger partial charge in [-0.2, -0.15) is 5.10 Å². The number of nitrogens with one attached hydrogen (secondary N) is 1. The third kappa shape index (κ3) is 3.65. The zero-order valence-electron chi connectivity index (χ0n) is 12.5. The first-order valence-electron chi connectivity index (χ1n) is 7.34. The van der Waals surface area contributed by atoms with Crippen molar-refractivity contribution in [2.45, 2.75) is 40.0 Å². The maximum Gasteiger partial charge on any atom is 0.271 e. The van der Waals surface area contributed by atoms with E-state index in [1.807, 2.05) is 0 Å². The summed E-state index contributed by atoms with van der Waals surface area (Å²) in [5, 5.41) is 4.41. The molecule has 0 aromatic carbocycles. The number of carbonyl (C=O) groups is 1. The molecular formula is C16H23N3O. The minimum atomic E-state index is -0.166. The van der Waals surface area contributed by atoms with Crippen LogP contribution < -0.4 is 5.43 Å². The van der Waals surface area contributed by atoms with E-state index in [0.717, 1.165) is 12.1 Å². The first kappa shape index (κ1) is 14.7. The van der Waals surface area contributed by atoms with Crippen LogP contribution in [-0.2, 0) is 0 Å². The van der Waals surface area contributed by atoms with E-state index in [1.54, 1.807) is 24.5 Å². The maximum atomic E-state index is 12.0. The quantitative estimate of drug-likeness (QED) is 0.859. The molecule has 0 saturated heterocycles. The lowest BCUT2D eigenvalue weighted by molar-refractivity contribution is 0.0954. The van der Waals surface area contributed by atoms with Gasteiger partial charge in [0.05, 0.1) is 0 Å². The van der Waals surface area contributed by atoms with E-state index in [-0.39, 0.29) is 5.91 Å². The van der Waals surface area contributed by atoms with Crippen molar-refractivity contribution in [2.24, 2.45) is 22.9 Å². The SMILES string of the molecule is CC1CCC(C(C)C)/C(=N/NC(=O)c2ccncc2)C1. The highest BCUT2D eigenvalue weighted by atomic mass is 16.2. The Kier molecular flexibility index (Phi) is 4.88. The molecule has 0 spiro atoms. The fourth-order valence-corrected chi connectivity index (χ4v) is 2.78. The van der Waals surface area contributed by atoms with E-state index in [1.165, 1.54) is 12.8 Å². The van der Waals surface area contributed by atoms with Crippen LogP contribution in [0.1, 0.15) is 50.4 Å². The van der Waals surface area contributed by atoms with Crippen LogP contribution in [0.3, 0.4) is 0 Å². The van der Waals surface area contributed by atoms with Crippen molar-refractivity contribution in [2.75, 3.05) is 0 Å². The molecule has 1 aromatic heterocycles. The van der Waals surface area contributed by atoms with E-state index < -0.39 is 0 Å². The van der Waals surface area contributed by atoms with Gasteiger partial charge >= 0.3 is 0 Å². The highest BCUT2D eigenvalue weighted by Crippen LogP contribution is 2.31. The number of hydrogen-bond donors (Lipinski definition) is 1. The molecule has 4 heteroatoms. The molecule has 2 atom stereocenters. The summed E-state index contributed by atoms with van der Waals surface area (Å²) < 4.78 is 0. The second-order valence-corrected chi connectivity index (χ2v) is 6.02. The summed E-state index contributed by atoms with van der Waals surface area (Å²) in [7, 11) is 0. The molecule has 1 saturated carbocycles. The van der Waals surface area contributed by atoms with Crippen molar-refractivity contribution in [1.29, 1.82) is 0 Å². The fraction of sp³-hybridized carbons (Fsp3) is 0.562. The molecule has 1 aromatic rings. The van der Waals surface area contributed by atoms with Crippen LogP contribution in [0, 0.1) is 17.8 Å². The summed E-state index contributed by atoms with van der Waals surface area (Å²) in [5.74, 6) is 1.55. The van der Waals surface area contributed by atoms with Crippen LogP contribution in [0.4, 0.5) is 0 Å². The Hall–Kier alpha value is -1.71. The van der Waals surface area contributed by atoms with E-state index in [9.17, 15) is 4.79 Å². The van der Waals surface area contributed by atoms with Crippen LogP contribution in [0.25, 0.3) is 0 Å². The average Bonchev–Trinajstić information content (AvgIpc) is 2.45. The zero-order chi connectivity index (χ0) is 14.5. The second kappa shape index (κ2) is 6.64. The molecule has 1 aliphatic rings. The average molecular weight is 273 g/mol. The standard InChI is InChI=1S/C16H23N3O/c1-11(2)14-5-4-12(3)10-15(14)18-19-16(20)13-6-8-17-9-7-13/h6-9,11-12,14H,4-5,10H2,1-3H3,(H,19,20)/b18-15+. The predicted molar refractivity (Wildman–Crippen MR) is 80.5 cm³/mol. The Balaban J connectivity index is 2.06. The molecule has 1 fully saturated rings. The van der Waals surface area contributed by atoms with Gasteiger partial charge < -0.3 is 0 Å². The molecule has 108 valence electrons. The Labute approximate surface area is 120 Å². The number of rotatable bonds is 3.